The van der Waals surface area contributed by atoms with Gasteiger partial charge in [0.1, 0.15) is 6.54 Å². The molecule has 2 amide bonds. The Morgan fingerprint density at radius 1 is 1.33 bits per heavy atom. The minimum atomic E-state index is 0.0743. The Morgan fingerprint density at radius 2 is 2.12 bits per heavy atom. The molecule has 0 spiro atoms. The van der Waals surface area contributed by atoms with Crippen LogP contribution < -0.4 is 4.90 Å². The first-order chi connectivity index (χ1) is 11.5. The van der Waals surface area contributed by atoms with E-state index in [2.05, 4.69) is 25.9 Å². The lowest BCUT2D eigenvalue weighted by Crippen LogP contribution is -2.43. The molecule has 0 aliphatic carbocycles. The topological polar surface area (TPSA) is 43.9 Å². The SMILES string of the molecule is CC[C@H]1CN(C(=O)CN2C(=O)CCCc3sccc32)C[C@@H]1N(C)C. The van der Waals surface area contributed by atoms with Crippen molar-refractivity contribution in [3.05, 3.63) is 16.3 Å². The Kier molecular flexibility index (Phi) is 5.25. The smallest absolute Gasteiger partial charge is 0.242 e. The number of thiophene rings is 1. The summed E-state index contributed by atoms with van der Waals surface area (Å²) in [6, 6.07) is 2.40. The van der Waals surface area contributed by atoms with Gasteiger partial charge in [-0.25, -0.2) is 0 Å². The maximum atomic E-state index is 12.8. The molecule has 2 atom stereocenters. The Hall–Kier alpha value is -1.40. The number of likely N-dealkylation sites (N-methyl/N-ethyl adjacent to an activating group) is 1. The summed E-state index contributed by atoms with van der Waals surface area (Å²) in [5.74, 6) is 0.668. The summed E-state index contributed by atoms with van der Waals surface area (Å²) in [4.78, 5) is 32.4. The normalized spacial score (nSPS) is 24.4. The van der Waals surface area contributed by atoms with Gasteiger partial charge in [0.2, 0.25) is 11.8 Å². The number of aryl methyl sites for hydroxylation is 1. The molecule has 0 saturated carbocycles. The maximum absolute atomic E-state index is 12.8. The monoisotopic (exact) mass is 349 g/mol. The zero-order valence-electron chi connectivity index (χ0n) is 14.8. The summed E-state index contributed by atoms with van der Waals surface area (Å²) >= 11 is 1.69. The highest BCUT2D eigenvalue weighted by molar-refractivity contribution is 7.10. The molecule has 3 rings (SSSR count). The highest BCUT2D eigenvalue weighted by atomic mass is 32.1. The van der Waals surface area contributed by atoms with E-state index in [4.69, 9.17) is 0 Å². The van der Waals surface area contributed by atoms with Crippen molar-refractivity contribution >= 4 is 28.8 Å². The molecule has 0 radical (unpaired) electrons. The van der Waals surface area contributed by atoms with Gasteiger partial charge in [-0.1, -0.05) is 13.3 Å². The molecule has 0 bridgehead atoms. The van der Waals surface area contributed by atoms with E-state index >= 15 is 0 Å². The highest BCUT2D eigenvalue weighted by Crippen LogP contribution is 2.32. The van der Waals surface area contributed by atoms with Crippen LogP contribution in [-0.4, -0.2) is 61.4 Å². The van der Waals surface area contributed by atoms with Gasteiger partial charge in [0, 0.05) is 30.4 Å². The third-order valence-corrected chi connectivity index (χ3v) is 6.32. The van der Waals surface area contributed by atoms with Crippen molar-refractivity contribution in [1.82, 2.24) is 9.80 Å². The summed E-state index contributed by atoms with van der Waals surface area (Å²) in [6.45, 7) is 3.93. The van der Waals surface area contributed by atoms with Crippen molar-refractivity contribution in [2.45, 2.75) is 38.6 Å². The van der Waals surface area contributed by atoms with Crippen molar-refractivity contribution in [2.75, 3.05) is 38.6 Å². The number of likely N-dealkylation sites (tertiary alicyclic amines) is 1. The number of carbonyl (C=O) groups excluding carboxylic acids is 2. The van der Waals surface area contributed by atoms with Crippen molar-refractivity contribution in [1.29, 1.82) is 0 Å². The van der Waals surface area contributed by atoms with Crippen molar-refractivity contribution < 1.29 is 9.59 Å². The molecule has 1 aromatic rings. The molecule has 1 fully saturated rings. The second-order valence-electron chi connectivity index (χ2n) is 7.06. The molecule has 5 nitrogen and oxygen atoms in total. The molecule has 2 aliphatic heterocycles. The Balaban J connectivity index is 1.72. The Bertz CT molecular complexity index is 613. The fourth-order valence-electron chi connectivity index (χ4n) is 3.88. The van der Waals surface area contributed by atoms with Crippen LogP contribution in [0.1, 0.15) is 31.1 Å². The first kappa shape index (κ1) is 17.4. The van der Waals surface area contributed by atoms with Gasteiger partial charge >= 0.3 is 0 Å². The van der Waals surface area contributed by atoms with Gasteiger partial charge in [-0.05, 0) is 44.3 Å². The first-order valence-corrected chi connectivity index (χ1v) is 9.70. The zero-order chi connectivity index (χ0) is 17.3. The van der Waals surface area contributed by atoms with Gasteiger partial charge in [0.05, 0.1) is 5.69 Å². The molecule has 132 valence electrons. The van der Waals surface area contributed by atoms with Crippen LogP contribution in [0, 0.1) is 5.92 Å². The van der Waals surface area contributed by atoms with Crippen LogP contribution in [0.25, 0.3) is 0 Å². The number of hydrogen-bond acceptors (Lipinski definition) is 4. The summed E-state index contributed by atoms with van der Waals surface area (Å²) in [5.41, 5.74) is 0.950. The van der Waals surface area contributed by atoms with E-state index in [1.165, 1.54) is 4.88 Å². The summed E-state index contributed by atoms with van der Waals surface area (Å²) in [5, 5.41) is 2.02. The standard InChI is InChI=1S/C18H27N3O2S/c1-4-13-10-20(11-15(13)19(2)3)18(23)12-21-14-8-9-24-16(14)6-5-7-17(21)22/h8-9,13,15H,4-7,10-12H2,1-3H3/t13-,15-/m0/s1. The molecule has 24 heavy (non-hydrogen) atoms. The van der Waals surface area contributed by atoms with E-state index in [1.54, 1.807) is 16.2 Å². The number of anilines is 1. The predicted octanol–water partition coefficient (Wildman–Crippen LogP) is 2.22. The molecule has 6 heteroatoms. The number of rotatable bonds is 4. The quantitative estimate of drug-likeness (QED) is 0.837. The Labute approximate surface area is 148 Å². The molecule has 0 unspecified atom stereocenters. The fourth-order valence-corrected chi connectivity index (χ4v) is 4.81. The second-order valence-corrected chi connectivity index (χ2v) is 8.06. The molecule has 1 aromatic heterocycles. The summed E-state index contributed by atoms with van der Waals surface area (Å²) in [6.07, 6.45) is 3.42. The van der Waals surface area contributed by atoms with E-state index in [-0.39, 0.29) is 18.4 Å². The van der Waals surface area contributed by atoms with E-state index in [0.717, 1.165) is 38.0 Å². The van der Waals surface area contributed by atoms with E-state index < -0.39 is 0 Å². The second kappa shape index (κ2) is 7.23. The minimum Gasteiger partial charge on any atom is -0.339 e. The molecule has 0 N–H and O–H groups in total. The third kappa shape index (κ3) is 3.35. The van der Waals surface area contributed by atoms with Gasteiger partial charge in [-0.3, -0.25) is 9.59 Å². The highest BCUT2D eigenvalue weighted by Gasteiger charge is 2.36. The average molecular weight is 350 g/mol. The lowest BCUT2D eigenvalue weighted by molar-refractivity contribution is -0.130. The number of hydrogen-bond donors (Lipinski definition) is 0. The van der Waals surface area contributed by atoms with Crippen LogP contribution in [0.15, 0.2) is 11.4 Å². The maximum Gasteiger partial charge on any atom is 0.242 e. The molecule has 3 heterocycles. The summed E-state index contributed by atoms with van der Waals surface area (Å²) < 4.78 is 0. The summed E-state index contributed by atoms with van der Waals surface area (Å²) in [7, 11) is 4.16. The minimum absolute atomic E-state index is 0.0743. The lowest BCUT2D eigenvalue weighted by atomic mass is 10.0. The van der Waals surface area contributed by atoms with E-state index in [1.807, 2.05) is 16.3 Å². The largest absolute Gasteiger partial charge is 0.339 e. The lowest BCUT2D eigenvalue weighted by Gasteiger charge is -2.25. The van der Waals surface area contributed by atoms with Gasteiger partial charge < -0.3 is 14.7 Å². The van der Waals surface area contributed by atoms with Gasteiger partial charge in [0.25, 0.3) is 0 Å². The van der Waals surface area contributed by atoms with E-state index in [9.17, 15) is 9.59 Å². The Morgan fingerprint density at radius 3 is 2.79 bits per heavy atom. The molecule has 2 aliphatic rings. The van der Waals surface area contributed by atoms with Crippen molar-refractivity contribution in [3.63, 3.8) is 0 Å². The van der Waals surface area contributed by atoms with Crippen LogP contribution in [0.2, 0.25) is 0 Å². The number of fused-ring (bicyclic) bond motifs is 1. The van der Waals surface area contributed by atoms with Crippen molar-refractivity contribution in [3.8, 4) is 0 Å². The van der Waals surface area contributed by atoms with Crippen LogP contribution >= 0.6 is 11.3 Å². The molecule has 0 aromatic carbocycles. The fraction of sp³-hybridized carbons (Fsp3) is 0.667. The zero-order valence-corrected chi connectivity index (χ0v) is 15.6. The molecular weight excluding hydrogens is 322 g/mol. The third-order valence-electron chi connectivity index (χ3n) is 5.35. The van der Waals surface area contributed by atoms with Crippen LogP contribution in [0.3, 0.4) is 0 Å². The average Bonchev–Trinajstić information content (AvgIpc) is 3.16. The van der Waals surface area contributed by atoms with Crippen molar-refractivity contribution in [2.24, 2.45) is 5.92 Å². The van der Waals surface area contributed by atoms with Gasteiger partial charge in [-0.2, -0.15) is 0 Å². The molecular formula is C18H27N3O2S. The van der Waals surface area contributed by atoms with Crippen LogP contribution in [0.4, 0.5) is 5.69 Å². The number of amides is 2. The van der Waals surface area contributed by atoms with Gasteiger partial charge in [-0.15, -0.1) is 11.3 Å². The number of carbonyl (C=O) groups is 2. The van der Waals surface area contributed by atoms with E-state index in [0.29, 0.717) is 18.4 Å². The molecule has 1 saturated heterocycles. The van der Waals surface area contributed by atoms with Crippen LogP contribution in [0.5, 0.6) is 0 Å². The first-order valence-electron chi connectivity index (χ1n) is 8.82. The van der Waals surface area contributed by atoms with Gasteiger partial charge in [0.15, 0.2) is 0 Å². The van der Waals surface area contributed by atoms with Crippen LogP contribution in [-0.2, 0) is 16.0 Å². The predicted molar refractivity (Wildman–Crippen MR) is 97.4 cm³/mol. The number of nitrogens with zero attached hydrogens (tertiary/aromatic N) is 3.